The van der Waals surface area contributed by atoms with E-state index in [1.807, 2.05) is 24.3 Å². The molecule has 0 aliphatic rings. The number of rotatable bonds is 6. The second-order valence-corrected chi connectivity index (χ2v) is 6.24. The highest BCUT2D eigenvalue weighted by atomic mass is 35.5. The van der Waals surface area contributed by atoms with E-state index in [0.29, 0.717) is 23.7 Å². The van der Waals surface area contributed by atoms with Crippen molar-refractivity contribution in [2.45, 2.75) is 19.4 Å². The molecule has 0 fully saturated rings. The zero-order chi connectivity index (χ0) is 18.7. The summed E-state index contributed by atoms with van der Waals surface area (Å²) >= 11 is 11.6. The van der Waals surface area contributed by atoms with Gasteiger partial charge in [0.25, 0.3) is 11.5 Å². The van der Waals surface area contributed by atoms with Crippen LogP contribution in [0.3, 0.4) is 0 Å². The number of hydrogen-bond donors (Lipinski definition) is 1. The van der Waals surface area contributed by atoms with Crippen molar-refractivity contribution in [3.8, 4) is 0 Å². The minimum Gasteiger partial charge on any atom is -0.364 e. The van der Waals surface area contributed by atoms with Gasteiger partial charge in [0.05, 0.1) is 0 Å². The first-order valence-electron chi connectivity index (χ1n) is 7.55. The zero-order valence-electron chi connectivity index (χ0n) is 13.4. The second kappa shape index (κ2) is 7.67. The van der Waals surface area contributed by atoms with Crippen LogP contribution < -0.4 is 11.3 Å². The van der Waals surface area contributed by atoms with Crippen LogP contribution in [-0.2, 0) is 19.4 Å². The van der Waals surface area contributed by atoms with Crippen molar-refractivity contribution in [3.63, 3.8) is 0 Å². The quantitative estimate of drug-likeness (QED) is 0.682. The Balaban J connectivity index is 1.71. The van der Waals surface area contributed by atoms with Gasteiger partial charge < -0.3 is 14.8 Å². The van der Waals surface area contributed by atoms with Crippen molar-refractivity contribution < 1.29 is 9.32 Å². The number of primary amides is 1. The van der Waals surface area contributed by atoms with Crippen LogP contribution >= 0.6 is 23.2 Å². The summed E-state index contributed by atoms with van der Waals surface area (Å²) in [5.74, 6) is -0.0935. The average Bonchev–Trinajstić information content (AvgIpc) is 3.05. The van der Waals surface area contributed by atoms with Crippen molar-refractivity contribution in [2.75, 3.05) is 0 Å². The van der Waals surface area contributed by atoms with E-state index in [1.165, 1.54) is 6.20 Å². The molecule has 0 atom stereocenters. The lowest BCUT2D eigenvalue weighted by Gasteiger charge is -2.04. The summed E-state index contributed by atoms with van der Waals surface area (Å²) in [4.78, 5) is 31.1. The Morgan fingerprint density at radius 1 is 1.15 bits per heavy atom. The van der Waals surface area contributed by atoms with Crippen LogP contribution in [0.1, 0.15) is 27.8 Å². The van der Waals surface area contributed by atoms with Crippen LogP contribution in [0.25, 0.3) is 0 Å². The predicted molar refractivity (Wildman–Crippen MR) is 94.3 cm³/mol. The lowest BCUT2D eigenvalue weighted by molar-refractivity contribution is 0.0994. The number of aryl methyl sites for hydroxylation is 2. The van der Waals surface area contributed by atoms with Crippen LogP contribution in [0.5, 0.6) is 0 Å². The molecule has 1 amide bonds. The topological polar surface area (TPSA) is 117 Å². The van der Waals surface area contributed by atoms with Crippen molar-refractivity contribution in [1.82, 2.24) is 19.7 Å². The molecule has 0 saturated carbocycles. The largest absolute Gasteiger partial charge is 0.364 e. The molecule has 2 N–H and O–H groups in total. The van der Waals surface area contributed by atoms with E-state index in [-0.39, 0.29) is 23.3 Å². The molecular weight excluding hydrogens is 381 g/mol. The number of nitrogens with two attached hydrogens (primary N) is 1. The van der Waals surface area contributed by atoms with Gasteiger partial charge in [0.15, 0.2) is 11.0 Å². The fraction of sp³-hybridized carbons (Fsp3) is 0.188. The smallest absolute Gasteiger partial charge is 0.288 e. The zero-order valence-corrected chi connectivity index (χ0v) is 14.9. The molecule has 2 heterocycles. The van der Waals surface area contributed by atoms with Gasteiger partial charge in [0.2, 0.25) is 5.89 Å². The first-order valence-corrected chi connectivity index (χ1v) is 8.30. The van der Waals surface area contributed by atoms with E-state index in [1.54, 1.807) is 0 Å². The number of amides is 1. The first-order chi connectivity index (χ1) is 12.4. The number of aromatic nitrogens is 4. The molecule has 2 aromatic heterocycles. The van der Waals surface area contributed by atoms with Crippen molar-refractivity contribution >= 4 is 29.1 Å². The normalized spacial score (nSPS) is 10.8. The molecule has 0 aliphatic carbocycles. The number of carbonyl (C=O) groups is 1. The standard InChI is InChI=1S/C16H13Cl2N5O3/c17-10-4-1-9(2-5-10)3-6-12-21-13(26-22-12)8-23-7-11(15(19)24)20-14(18)16(23)25/h1-2,4-5,7H,3,6,8H2,(H2,19,24). The Kier molecular flexibility index (Phi) is 5.34. The number of benzene rings is 1. The summed E-state index contributed by atoms with van der Waals surface area (Å²) < 4.78 is 6.29. The molecule has 0 spiro atoms. The third-order valence-corrected chi connectivity index (χ3v) is 4.05. The lowest BCUT2D eigenvalue weighted by Crippen LogP contribution is -2.26. The lowest BCUT2D eigenvalue weighted by atomic mass is 10.1. The Hall–Kier alpha value is -2.71. The van der Waals surface area contributed by atoms with Gasteiger partial charge in [-0.2, -0.15) is 4.98 Å². The highest BCUT2D eigenvalue weighted by Gasteiger charge is 2.14. The van der Waals surface area contributed by atoms with Gasteiger partial charge in [0, 0.05) is 17.6 Å². The fourth-order valence-electron chi connectivity index (χ4n) is 2.25. The van der Waals surface area contributed by atoms with Crippen LogP contribution in [0.2, 0.25) is 10.2 Å². The maximum absolute atomic E-state index is 12.0. The monoisotopic (exact) mass is 393 g/mol. The number of carbonyl (C=O) groups excluding carboxylic acids is 1. The molecule has 0 saturated heterocycles. The third kappa shape index (κ3) is 4.27. The van der Waals surface area contributed by atoms with Crippen LogP contribution in [0, 0.1) is 0 Å². The van der Waals surface area contributed by atoms with E-state index >= 15 is 0 Å². The Bertz CT molecular complexity index is 998. The second-order valence-electron chi connectivity index (χ2n) is 5.45. The summed E-state index contributed by atoms with van der Waals surface area (Å²) in [6.07, 6.45) is 2.47. The molecular formula is C16H13Cl2N5O3. The molecule has 26 heavy (non-hydrogen) atoms. The van der Waals surface area contributed by atoms with Gasteiger partial charge in [-0.15, -0.1) is 0 Å². The van der Waals surface area contributed by atoms with E-state index in [2.05, 4.69) is 15.1 Å². The van der Waals surface area contributed by atoms with Gasteiger partial charge in [-0.25, -0.2) is 4.98 Å². The maximum atomic E-state index is 12.0. The summed E-state index contributed by atoms with van der Waals surface area (Å²) in [5, 5.41) is 4.20. The SMILES string of the molecule is NC(=O)c1cn(Cc2nc(CCc3ccc(Cl)cc3)no2)c(=O)c(Cl)n1. The Labute approximate surface area is 157 Å². The van der Waals surface area contributed by atoms with Crippen molar-refractivity contribution in [3.05, 3.63) is 74.0 Å². The maximum Gasteiger partial charge on any atom is 0.288 e. The highest BCUT2D eigenvalue weighted by Crippen LogP contribution is 2.11. The summed E-state index contributed by atoms with van der Waals surface area (Å²) in [6.45, 7) is -0.0463. The summed E-state index contributed by atoms with van der Waals surface area (Å²) in [5.41, 5.74) is 5.54. The van der Waals surface area contributed by atoms with E-state index in [9.17, 15) is 9.59 Å². The number of nitrogens with zero attached hydrogens (tertiary/aromatic N) is 4. The van der Waals surface area contributed by atoms with Gasteiger partial charge in [-0.05, 0) is 24.1 Å². The van der Waals surface area contributed by atoms with Crippen LogP contribution in [-0.4, -0.2) is 25.6 Å². The third-order valence-electron chi connectivity index (χ3n) is 3.55. The molecule has 0 aliphatic heterocycles. The predicted octanol–water partition coefficient (Wildman–Crippen LogP) is 1.87. The number of hydrogen-bond acceptors (Lipinski definition) is 6. The van der Waals surface area contributed by atoms with E-state index in [0.717, 1.165) is 10.1 Å². The molecule has 0 radical (unpaired) electrons. The molecule has 10 heteroatoms. The molecule has 134 valence electrons. The van der Waals surface area contributed by atoms with Crippen molar-refractivity contribution in [1.29, 1.82) is 0 Å². The van der Waals surface area contributed by atoms with Gasteiger partial charge in [-0.1, -0.05) is 40.5 Å². The first kappa shape index (κ1) is 18.1. The van der Waals surface area contributed by atoms with Gasteiger partial charge in [0.1, 0.15) is 12.2 Å². The van der Waals surface area contributed by atoms with Crippen LogP contribution in [0.4, 0.5) is 0 Å². The molecule has 3 rings (SSSR count). The summed E-state index contributed by atoms with van der Waals surface area (Å²) in [6, 6.07) is 7.48. The molecule has 0 unspecified atom stereocenters. The fourth-order valence-corrected chi connectivity index (χ4v) is 2.58. The Morgan fingerprint density at radius 2 is 1.88 bits per heavy atom. The average molecular weight is 394 g/mol. The molecule has 0 bridgehead atoms. The highest BCUT2D eigenvalue weighted by molar-refractivity contribution is 6.30. The Morgan fingerprint density at radius 3 is 2.58 bits per heavy atom. The van der Waals surface area contributed by atoms with E-state index in [4.69, 9.17) is 33.5 Å². The molecule has 8 nitrogen and oxygen atoms in total. The van der Waals surface area contributed by atoms with Crippen molar-refractivity contribution in [2.24, 2.45) is 5.73 Å². The van der Waals surface area contributed by atoms with Crippen LogP contribution in [0.15, 0.2) is 39.8 Å². The van der Waals surface area contributed by atoms with Gasteiger partial charge in [-0.3, -0.25) is 9.59 Å². The minimum absolute atomic E-state index is 0.0463. The van der Waals surface area contributed by atoms with E-state index < -0.39 is 11.5 Å². The summed E-state index contributed by atoms with van der Waals surface area (Å²) in [7, 11) is 0. The molecule has 3 aromatic rings. The minimum atomic E-state index is -0.796. The van der Waals surface area contributed by atoms with Gasteiger partial charge >= 0.3 is 0 Å². The number of halogens is 2. The molecule has 1 aromatic carbocycles.